The minimum Gasteiger partial charge on any atom is -0.472 e. The smallest absolute Gasteiger partial charge is 0.0950 e. The van der Waals surface area contributed by atoms with Gasteiger partial charge in [-0.05, 0) is 12.6 Å². The van der Waals surface area contributed by atoms with Gasteiger partial charge in [0.2, 0.25) is 0 Å². The SMILES string of the molecule is CCNC(CN)c1ccoc1. The summed E-state index contributed by atoms with van der Waals surface area (Å²) in [4.78, 5) is 0. The molecule has 1 atom stereocenters. The van der Waals surface area contributed by atoms with Crippen LogP contribution in [0.1, 0.15) is 18.5 Å². The molecule has 3 heteroatoms. The van der Waals surface area contributed by atoms with E-state index in [0.717, 1.165) is 12.1 Å². The number of nitrogens with one attached hydrogen (secondary N) is 1. The van der Waals surface area contributed by atoms with Crippen LogP contribution in [-0.4, -0.2) is 13.1 Å². The fourth-order valence-electron chi connectivity index (χ4n) is 1.06. The van der Waals surface area contributed by atoms with E-state index >= 15 is 0 Å². The van der Waals surface area contributed by atoms with E-state index in [-0.39, 0.29) is 6.04 Å². The summed E-state index contributed by atoms with van der Waals surface area (Å²) in [7, 11) is 0. The van der Waals surface area contributed by atoms with Gasteiger partial charge in [0.25, 0.3) is 0 Å². The molecule has 0 spiro atoms. The van der Waals surface area contributed by atoms with Crippen LogP contribution in [0.2, 0.25) is 0 Å². The zero-order chi connectivity index (χ0) is 8.10. The Bertz CT molecular complexity index is 184. The molecule has 0 radical (unpaired) electrons. The van der Waals surface area contributed by atoms with Gasteiger partial charge in [-0.2, -0.15) is 0 Å². The molecule has 62 valence electrons. The molecule has 0 saturated heterocycles. The van der Waals surface area contributed by atoms with Crippen molar-refractivity contribution in [3.05, 3.63) is 24.2 Å². The Labute approximate surface area is 66.6 Å². The molecule has 11 heavy (non-hydrogen) atoms. The van der Waals surface area contributed by atoms with Crippen molar-refractivity contribution >= 4 is 0 Å². The molecule has 1 aromatic heterocycles. The van der Waals surface area contributed by atoms with Gasteiger partial charge in [0.1, 0.15) is 0 Å². The van der Waals surface area contributed by atoms with Crippen LogP contribution in [0, 0.1) is 0 Å². The molecule has 1 rings (SSSR count). The maximum absolute atomic E-state index is 5.55. The van der Waals surface area contributed by atoms with Crippen molar-refractivity contribution < 1.29 is 4.42 Å². The van der Waals surface area contributed by atoms with E-state index in [1.807, 2.05) is 6.07 Å². The van der Waals surface area contributed by atoms with Crippen molar-refractivity contribution in [2.24, 2.45) is 5.73 Å². The molecule has 1 heterocycles. The standard InChI is InChI=1S/C8H14N2O/c1-2-10-8(5-9)7-3-4-11-6-7/h3-4,6,8,10H,2,5,9H2,1H3. The molecule has 0 aromatic carbocycles. The number of furan rings is 1. The molecular weight excluding hydrogens is 140 g/mol. The molecule has 0 fully saturated rings. The van der Waals surface area contributed by atoms with Gasteiger partial charge in [-0.25, -0.2) is 0 Å². The maximum atomic E-state index is 5.55. The molecule has 0 saturated carbocycles. The van der Waals surface area contributed by atoms with Gasteiger partial charge in [-0.3, -0.25) is 0 Å². The molecular formula is C8H14N2O. The van der Waals surface area contributed by atoms with Gasteiger partial charge in [0.05, 0.1) is 12.5 Å². The van der Waals surface area contributed by atoms with Crippen LogP contribution >= 0.6 is 0 Å². The molecule has 0 bridgehead atoms. The summed E-state index contributed by atoms with van der Waals surface area (Å²) in [6.07, 6.45) is 3.38. The second-order valence-electron chi connectivity index (χ2n) is 2.40. The van der Waals surface area contributed by atoms with Gasteiger partial charge >= 0.3 is 0 Å². The molecule has 0 aliphatic heterocycles. The maximum Gasteiger partial charge on any atom is 0.0950 e. The topological polar surface area (TPSA) is 51.2 Å². The molecule has 0 amide bonds. The third-order valence-electron chi connectivity index (χ3n) is 1.63. The highest BCUT2D eigenvalue weighted by Crippen LogP contribution is 2.10. The highest BCUT2D eigenvalue weighted by Gasteiger charge is 2.07. The molecule has 0 aliphatic carbocycles. The Hall–Kier alpha value is -0.800. The van der Waals surface area contributed by atoms with Crippen LogP contribution in [-0.2, 0) is 0 Å². The Morgan fingerprint density at radius 3 is 3.00 bits per heavy atom. The number of hydrogen-bond acceptors (Lipinski definition) is 3. The van der Waals surface area contributed by atoms with E-state index in [1.54, 1.807) is 12.5 Å². The molecule has 1 unspecified atom stereocenters. The Kier molecular flexibility index (Phi) is 3.14. The van der Waals surface area contributed by atoms with Crippen LogP contribution in [0.3, 0.4) is 0 Å². The van der Waals surface area contributed by atoms with Gasteiger partial charge in [-0.1, -0.05) is 6.92 Å². The third-order valence-corrected chi connectivity index (χ3v) is 1.63. The van der Waals surface area contributed by atoms with Crippen LogP contribution in [0.15, 0.2) is 23.0 Å². The summed E-state index contributed by atoms with van der Waals surface area (Å²) >= 11 is 0. The number of nitrogens with two attached hydrogens (primary N) is 1. The minimum atomic E-state index is 0.235. The zero-order valence-corrected chi connectivity index (χ0v) is 6.71. The van der Waals surface area contributed by atoms with Gasteiger partial charge < -0.3 is 15.5 Å². The summed E-state index contributed by atoms with van der Waals surface area (Å²) in [6, 6.07) is 2.17. The van der Waals surface area contributed by atoms with Crippen LogP contribution < -0.4 is 11.1 Å². The lowest BCUT2D eigenvalue weighted by atomic mass is 10.1. The van der Waals surface area contributed by atoms with Crippen molar-refractivity contribution in [2.75, 3.05) is 13.1 Å². The van der Waals surface area contributed by atoms with E-state index in [1.165, 1.54) is 0 Å². The predicted molar refractivity (Wildman–Crippen MR) is 44.2 cm³/mol. The Morgan fingerprint density at radius 1 is 1.73 bits per heavy atom. The zero-order valence-electron chi connectivity index (χ0n) is 6.71. The second kappa shape index (κ2) is 4.16. The molecule has 3 nitrogen and oxygen atoms in total. The van der Waals surface area contributed by atoms with Crippen molar-refractivity contribution in [3.63, 3.8) is 0 Å². The third kappa shape index (κ3) is 2.06. The van der Waals surface area contributed by atoms with E-state index in [2.05, 4.69) is 12.2 Å². The summed E-state index contributed by atoms with van der Waals surface area (Å²) in [5.41, 5.74) is 6.67. The normalized spacial score (nSPS) is 13.3. The highest BCUT2D eigenvalue weighted by molar-refractivity contribution is 5.11. The lowest BCUT2D eigenvalue weighted by Gasteiger charge is -2.12. The first kappa shape index (κ1) is 8.30. The van der Waals surface area contributed by atoms with Gasteiger partial charge in [0, 0.05) is 18.2 Å². The first-order valence-electron chi connectivity index (χ1n) is 3.84. The molecule has 3 N–H and O–H groups in total. The van der Waals surface area contributed by atoms with Gasteiger partial charge in [0.15, 0.2) is 0 Å². The summed E-state index contributed by atoms with van der Waals surface area (Å²) in [5.74, 6) is 0. The summed E-state index contributed by atoms with van der Waals surface area (Å²) in [5, 5.41) is 3.25. The quantitative estimate of drug-likeness (QED) is 0.677. The monoisotopic (exact) mass is 154 g/mol. The van der Waals surface area contributed by atoms with Crippen molar-refractivity contribution in [2.45, 2.75) is 13.0 Å². The average molecular weight is 154 g/mol. The van der Waals surface area contributed by atoms with Crippen LogP contribution in [0.4, 0.5) is 0 Å². The number of rotatable bonds is 4. The predicted octanol–water partition coefficient (Wildman–Crippen LogP) is 0.889. The number of likely N-dealkylation sites (N-methyl/N-ethyl adjacent to an activating group) is 1. The fraction of sp³-hybridized carbons (Fsp3) is 0.500. The van der Waals surface area contributed by atoms with E-state index in [4.69, 9.17) is 10.2 Å². The average Bonchev–Trinajstić information content (AvgIpc) is 2.52. The summed E-state index contributed by atoms with van der Waals surface area (Å²) < 4.78 is 4.95. The second-order valence-corrected chi connectivity index (χ2v) is 2.40. The van der Waals surface area contributed by atoms with E-state index < -0.39 is 0 Å². The van der Waals surface area contributed by atoms with Crippen LogP contribution in [0.5, 0.6) is 0 Å². The Morgan fingerprint density at radius 2 is 2.55 bits per heavy atom. The van der Waals surface area contributed by atoms with Crippen LogP contribution in [0.25, 0.3) is 0 Å². The lowest BCUT2D eigenvalue weighted by molar-refractivity contribution is 0.532. The number of hydrogen-bond donors (Lipinski definition) is 2. The highest BCUT2D eigenvalue weighted by atomic mass is 16.3. The summed E-state index contributed by atoms with van der Waals surface area (Å²) in [6.45, 7) is 3.59. The van der Waals surface area contributed by atoms with E-state index in [0.29, 0.717) is 6.54 Å². The first-order chi connectivity index (χ1) is 5.38. The van der Waals surface area contributed by atoms with Crippen molar-refractivity contribution in [3.8, 4) is 0 Å². The molecule has 1 aromatic rings. The van der Waals surface area contributed by atoms with Crippen molar-refractivity contribution in [1.29, 1.82) is 0 Å². The lowest BCUT2D eigenvalue weighted by Crippen LogP contribution is -2.27. The largest absolute Gasteiger partial charge is 0.472 e. The first-order valence-corrected chi connectivity index (χ1v) is 3.84. The van der Waals surface area contributed by atoms with Gasteiger partial charge in [-0.15, -0.1) is 0 Å². The van der Waals surface area contributed by atoms with E-state index in [9.17, 15) is 0 Å². The fourth-order valence-corrected chi connectivity index (χ4v) is 1.06. The Balaban J connectivity index is 2.56. The minimum absolute atomic E-state index is 0.235. The van der Waals surface area contributed by atoms with Crippen molar-refractivity contribution in [1.82, 2.24) is 5.32 Å². The molecule has 0 aliphatic rings.